The Labute approximate surface area is 145 Å². The Bertz CT molecular complexity index is 716. The fourth-order valence-corrected chi connectivity index (χ4v) is 3.31. The zero-order valence-corrected chi connectivity index (χ0v) is 14.4. The summed E-state index contributed by atoms with van der Waals surface area (Å²) in [6.07, 6.45) is 8.51. The summed E-state index contributed by atoms with van der Waals surface area (Å²) in [5, 5.41) is 0. The normalized spacial score (nSPS) is 12.2. The number of rotatable bonds is 8. The average molecular weight is 318 g/mol. The molecule has 0 bridgehead atoms. The minimum Gasteiger partial charge on any atom is -0.334 e. The van der Waals surface area contributed by atoms with Crippen LogP contribution in [-0.4, -0.2) is 9.55 Å². The minimum atomic E-state index is 0.628. The van der Waals surface area contributed by atoms with Crippen molar-refractivity contribution >= 4 is 0 Å². The smallest absolute Gasteiger partial charge is 0.0948 e. The molecule has 0 N–H and O–H groups in total. The highest BCUT2D eigenvalue weighted by atomic mass is 15.0. The summed E-state index contributed by atoms with van der Waals surface area (Å²) in [7, 11) is 0. The van der Waals surface area contributed by atoms with Gasteiger partial charge in [-0.15, -0.1) is 0 Å². The lowest BCUT2D eigenvalue weighted by atomic mass is 9.91. The van der Waals surface area contributed by atoms with Crippen LogP contribution >= 0.6 is 0 Å². The molecule has 2 heteroatoms. The summed E-state index contributed by atoms with van der Waals surface area (Å²) >= 11 is 0. The largest absolute Gasteiger partial charge is 0.334 e. The van der Waals surface area contributed by atoms with Crippen LogP contribution in [0.2, 0.25) is 0 Å². The van der Waals surface area contributed by atoms with E-state index >= 15 is 0 Å². The number of benzene rings is 2. The third-order valence-electron chi connectivity index (χ3n) is 4.80. The Hall–Kier alpha value is -2.35. The molecule has 3 rings (SSSR count). The van der Waals surface area contributed by atoms with Crippen LogP contribution in [0.3, 0.4) is 0 Å². The molecule has 0 aliphatic carbocycles. The van der Waals surface area contributed by atoms with Crippen LogP contribution < -0.4 is 0 Å². The summed E-state index contributed by atoms with van der Waals surface area (Å²) < 4.78 is 2.31. The fourth-order valence-electron chi connectivity index (χ4n) is 3.31. The maximum atomic E-state index is 4.37. The second-order valence-electron chi connectivity index (χ2n) is 6.37. The van der Waals surface area contributed by atoms with E-state index in [1.807, 2.05) is 12.5 Å². The van der Waals surface area contributed by atoms with Gasteiger partial charge in [-0.2, -0.15) is 0 Å². The van der Waals surface area contributed by atoms with Gasteiger partial charge in [0, 0.05) is 18.4 Å². The lowest BCUT2D eigenvalue weighted by molar-refractivity contribution is 0.576. The highest BCUT2D eigenvalue weighted by Crippen LogP contribution is 2.24. The Morgan fingerprint density at radius 3 is 2.33 bits per heavy atom. The van der Waals surface area contributed by atoms with Crippen molar-refractivity contribution in [3.63, 3.8) is 0 Å². The molecule has 0 radical (unpaired) electrons. The van der Waals surface area contributed by atoms with Gasteiger partial charge in [0.2, 0.25) is 0 Å². The van der Waals surface area contributed by atoms with Crippen LogP contribution in [0.25, 0.3) is 0 Å². The van der Waals surface area contributed by atoms with Crippen molar-refractivity contribution in [2.24, 2.45) is 0 Å². The number of hydrogen-bond donors (Lipinski definition) is 0. The molecule has 0 spiro atoms. The highest BCUT2D eigenvalue weighted by Gasteiger charge is 2.11. The van der Waals surface area contributed by atoms with E-state index in [1.54, 1.807) is 0 Å². The summed E-state index contributed by atoms with van der Waals surface area (Å²) in [5.74, 6) is 0.628. The van der Waals surface area contributed by atoms with Crippen molar-refractivity contribution in [3.8, 4) is 0 Å². The van der Waals surface area contributed by atoms with Crippen molar-refractivity contribution in [3.05, 3.63) is 90.0 Å². The van der Waals surface area contributed by atoms with Gasteiger partial charge in [-0.05, 0) is 42.7 Å². The molecule has 2 nitrogen and oxygen atoms in total. The van der Waals surface area contributed by atoms with Gasteiger partial charge in [0.1, 0.15) is 0 Å². The van der Waals surface area contributed by atoms with Gasteiger partial charge in [-0.3, -0.25) is 0 Å². The molecule has 0 saturated heterocycles. The Kier molecular flexibility index (Phi) is 5.84. The van der Waals surface area contributed by atoms with Crippen molar-refractivity contribution < 1.29 is 0 Å². The van der Waals surface area contributed by atoms with Crippen LogP contribution in [0.15, 0.2) is 73.2 Å². The van der Waals surface area contributed by atoms with Crippen LogP contribution in [0.4, 0.5) is 0 Å². The van der Waals surface area contributed by atoms with E-state index in [0.29, 0.717) is 5.92 Å². The van der Waals surface area contributed by atoms with Crippen molar-refractivity contribution in [1.82, 2.24) is 9.55 Å². The van der Waals surface area contributed by atoms with Crippen LogP contribution in [0.5, 0.6) is 0 Å². The Morgan fingerprint density at radius 2 is 1.62 bits per heavy atom. The molecule has 0 saturated carbocycles. The van der Waals surface area contributed by atoms with E-state index in [-0.39, 0.29) is 0 Å². The molecule has 0 aliphatic heterocycles. The lowest BCUT2D eigenvalue weighted by Gasteiger charge is -2.16. The minimum absolute atomic E-state index is 0.628. The van der Waals surface area contributed by atoms with Gasteiger partial charge in [-0.1, -0.05) is 67.6 Å². The molecule has 1 aromatic heterocycles. The number of aromatic nitrogens is 2. The zero-order chi connectivity index (χ0) is 16.6. The molecule has 1 unspecified atom stereocenters. The number of nitrogens with zero attached hydrogens (tertiary/aromatic N) is 2. The molecule has 24 heavy (non-hydrogen) atoms. The average Bonchev–Trinajstić information content (AvgIpc) is 3.10. The molecule has 1 heterocycles. The monoisotopic (exact) mass is 318 g/mol. The number of imidazole rings is 1. The number of hydrogen-bond acceptors (Lipinski definition) is 1. The van der Waals surface area contributed by atoms with Gasteiger partial charge in [0.25, 0.3) is 0 Å². The van der Waals surface area contributed by atoms with Crippen molar-refractivity contribution in [2.75, 3.05) is 0 Å². The summed E-state index contributed by atoms with van der Waals surface area (Å²) in [6, 6.07) is 21.5. The Morgan fingerprint density at radius 1 is 0.917 bits per heavy atom. The first-order valence-electron chi connectivity index (χ1n) is 8.94. The summed E-state index contributed by atoms with van der Waals surface area (Å²) in [5.41, 5.74) is 4.18. The van der Waals surface area contributed by atoms with E-state index in [0.717, 1.165) is 19.4 Å². The second-order valence-corrected chi connectivity index (χ2v) is 6.37. The second kappa shape index (κ2) is 8.49. The van der Waals surface area contributed by atoms with E-state index in [4.69, 9.17) is 0 Å². The van der Waals surface area contributed by atoms with Crippen molar-refractivity contribution in [1.29, 1.82) is 0 Å². The molecule has 124 valence electrons. The fraction of sp³-hybridized carbons (Fsp3) is 0.318. The van der Waals surface area contributed by atoms with E-state index in [1.165, 1.54) is 29.7 Å². The molecule has 2 aromatic carbocycles. The first-order valence-corrected chi connectivity index (χ1v) is 8.94. The van der Waals surface area contributed by atoms with Gasteiger partial charge in [-0.25, -0.2) is 4.98 Å². The summed E-state index contributed by atoms with van der Waals surface area (Å²) in [6.45, 7) is 3.28. The van der Waals surface area contributed by atoms with Gasteiger partial charge < -0.3 is 4.57 Å². The molecular weight excluding hydrogens is 292 g/mol. The zero-order valence-electron chi connectivity index (χ0n) is 14.4. The maximum Gasteiger partial charge on any atom is 0.0948 e. The SMILES string of the molecule is CCC(CCc1cncn1CCc1ccccc1)c1ccccc1. The molecule has 0 amide bonds. The molecular formula is C22H26N2. The molecule has 0 aliphatic rings. The first kappa shape index (κ1) is 16.5. The first-order chi connectivity index (χ1) is 11.9. The predicted molar refractivity (Wildman–Crippen MR) is 100 cm³/mol. The van der Waals surface area contributed by atoms with Gasteiger partial charge in [0.15, 0.2) is 0 Å². The van der Waals surface area contributed by atoms with E-state index in [9.17, 15) is 0 Å². The lowest BCUT2D eigenvalue weighted by Crippen LogP contribution is -2.07. The van der Waals surface area contributed by atoms with Gasteiger partial charge in [0.05, 0.1) is 6.33 Å². The quantitative estimate of drug-likeness (QED) is 0.554. The van der Waals surface area contributed by atoms with Gasteiger partial charge >= 0.3 is 0 Å². The highest BCUT2D eigenvalue weighted by molar-refractivity contribution is 5.20. The van der Waals surface area contributed by atoms with Crippen molar-refractivity contribution in [2.45, 2.75) is 45.1 Å². The maximum absolute atomic E-state index is 4.37. The third kappa shape index (κ3) is 4.35. The van der Waals surface area contributed by atoms with Crippen LogP contribution in [0.1, 0.15) is 42.5 Å². The topological polar surface area (TPSA) is 17.8 Å². The molecule has 0 fully saturated rings. The van der Waals surface area contributed by atoms with Crippen LogP contribution in [-0.2, 0) is 19.4 Å². The summed E-state index contributed by atoms with van der Waals surface area (Å²) in [4.78, 5) is 4.37. The number of aryl methyl sites for hydroxylation is 3. The molecule has 1 atom stereocenters. The Balaban J connectivity index is 1.59. The standard InChI is InChI=1S/C22H26N2/c1-2-20(21-11-7-4-8-12-21)13-14-22-17-23-18-24(22)16-15-19-9-5-3-6-10-19/h3-12,17-18,20H,2,13-16H2,1H3. The van der Waals surface area contributed by atoms with E-state index in [2.05, 4.69) is 77.1 Å². The van der Waals surface area contributed by atoms with E-state index < -0.39 is 0 Å². The van der Waals surface area contributed by atoms with Crippen LogP contribution in [0, 0.1) is 0 Å². The third-order valence-corrected chi connectivity index (χ3v) is 4.80. The molecule has 3 aromatic rings. The predicted octanol–water partition coefficient (Wildman–Crippen LogP) is 5.25.